The van der Waals surface area contributed by atoms with Gasteiger partial charge >= 0.3 is 0 Å². The molecule has 2 amide bonds. The first-order chi connectivity index (χ1) is 14.1. The number of nitrogens with one attached hydrogen (secondary N) is 1. The van der Waals surface area contributed by atoms with E-state index in [0.717, 1.165) is 60.6 Å². The van der Waals surface area contributed by atoms with Gasteiger partial charge in [0.2, 0.25) is 11.8 Å². The minimum Gasteiger partial charge on any atom is -0.339 e. The van der Waals surface area contributed by atoms with Gasteiger partial charge in [-0.3, -0.25) is 9.59 Å². The monoisotopic (exact) mass is 408 g/mol. The molecule has 0 bridgehead atoms. The molecule has 29 heavy (non-hydrogen) atoms. The Kier molecular flexibility index (Phi) is 5.85. The second-order valence-electron chi connectivity index (χ2n) is 7.43. The van der Waals surface area contributed by atoms with Crippen molar-refractivity contribution in [3.63, 3.8) is 0 Å². The number of amides is 2. The largest absolute Gasteiger partial charge is 0.339 e. The number of anilines is 1. The number of aryl methyl sites for hydroxylation is 2. The molecule has 2 aromatic rings. The lowest BCUT2D eigenvalue weighted by atomic mass is 10.0. The van der Waals surface area contributed by atoms with Gasteiger partial charge in [0.25, 0.3) is 0 Å². The van der Waals surface area contributed by atoms with Crippen LogP contribution < -0.4 is 5.32 Å². The van der Waals surface area contributed by atoms with Crippen LogP contribution in [0.25, 0.3) is 12.2 Å². The molecular formula is C22H24N4O2S. The highest BCUT2D eigenvalue weighted by atomic mass is 32.1. The molecule has 0 radical (unpaired) electrons. The topological polar surface area (TPSA) is 75.2 Å². The minimum atomic E-state index is 0.0122. The Morgan fingerprint density at radius 1 is 1.24 bits per heavy atom. The van der Waals surface area contributed by atoms with E-state index in [1.807, 2.05) is 24.0 Å². The molecule has 0 atom stereocenters. The first-order valence-electron chi connectivity index (χ1n) is 9.94. The van der Waals surface area contributed by atoms with Gasteiger partial charge in [0.15, 0.2) is 0 Å². The first-order valence-corrected chi connectivity index (χ1v) is 10.8. The van der Waals surface area contributed by atoms with Gasteiger partial charge in [-0.1, -0.05) is 5.57 Å². The lowest BCUT2D eigenvalue weighted by Crippen LogP contribution is -2.35. The molecule has 1 fully saturated rings. The number of aromatic nitrogens is 2. The van der Waals surface area contributed by atoms with Crippen LogP contribution in [-0.2, 0) is 16.0 Å². The zero-order valence-electron chi connectivity index (χ0n) is 16.5. The van der Waals surface area contributed by atoms with Crippen molar-refractivity contribution in [3.8, 4) is 0 Å². The molecule has 7 heteroatoms. The fourth-order valence-corrected chi connectivity index (χ4v) is 4.21. The van der Waals surface area contributed by atoms with Crippen LogP contribution in [0.15, 0.2) is 29.3 Å². The highest BCUT2D eigenvalue weighted by Crippen LogP contribution is 2.22. The van der Waals surface area contributed by atoms with E-state index in [-0.39, 0.29) is 11.8 Å². The molecular weight excluding hydrogens is 384 g/mol. The summed E-state index contributed by atoms with van der Waals surface area (Å²) < 4.78 is 0. The highest BCUT2D eigenvalue weighted by molar-refractivity contribution is 7.09. The van der Waals surface area contributed by atoms with Gasteiger partial charge in [-0.05, 0) is 62.0 Å². The number of thiazole rings is 1. The van der Waals surface area contributed by atoms with E-state index in [1.54, 1.807) is 23.6 Å². The summed E-state index contributed by atoms with van der Waals surface area (Å²) in [4.78, 5) is 34.9. The van der Waals surface area contributed by atoms with E-state index in [4.69, 9.17) is 0 Å². The summed E-state index contributed by atoms with van der Waals surface area (Å²) in [5.74, 6) is 0.677. The molecule has 0 unspecified atom stereocenters. The number of hydrogen-bond donors (Lipinski definition) is 1. The number of pyridine rings is 1. The average molecular weight is 409 g/mol. The smallest absolute Gasteiger partial charge is 0.246 e. The van der Waals surface area contributed by atoms with Crippen molar-refractivity contribution in [1.29, 1.82) is 0 Å². The standard InChI is InChI=1S/C22H24N4O2S/c1-15-24-19(14-29-15)12-16-7-9-26(10-8-16)21(28)6-5-17-11-18-3-2-4-20(27)25-22(18)23-13-17/h5-6,11-14H,2-4,7-10H2,1H3,(H,23,25,27)/b6-5+. The van der Waals surface area contributed by atoms with Gasteiger partial charge in [-0.15, -0.1) is 11.3 Å². The summed E-state index contributed by atoms with van der Waals surface area (Å²) in [6.45, 7) is 3.47. The second-order valence-corrected chi connectivity index (χ2v) is 8.49. The van der Waals surface area contributed by atoms with Gasteiger partial charge in [-0.2, -0.15) is 0 Å². The van der Waals surface area contributed by atoms with Crippen LogP contribution in [0.3, 0.4) is 0 Å². The highest BCUT2D eigenvalue weighted by Gasteiger charge is 2.18. The van der Waals surface area contributed by atoms with Crippen molar-refractivity contribution >= 4 is 41.1 Å². The molecule has 1 saturated heterocycles. The number of carbonyl (C=O) groups excluding carboxylic acids is 2. The molecule has 0 aromatic carbocycles. The molecule has 1 N–H and O–H groups in total. The number of piperidine rings is 1. The van der Waals surface area contributed by atoms with Crippen LogP contribution in [0, 0.1) is 6.92 Å². The summed E-state index contributed by atoms with van der Waals surface area (Å²) in [5, 5.41) is 5.98. The van der Waals surface area contributed by atoms with E-state index in [1.165, 1.54) is 5.57 Å². The third-order valence-electron chi connectivity index (χ3n) is 5.22. The van der Waals surface area contributed by atoms with Gasteiger partial charge in [0.05, 0.1) is 10.7 Å². The second kappa shape index (κ2) is 8.69. The number of nitrogens with zero attached hydrogens (tertiary/aromatic N) is 3. The zero-order valence-corrected chi connectivity index (χ0v) is 17.3. The molecule has 2 aromatic heterocycles. The molecule has 4 rings (SSSR count). The van der Waals surface area contributed by atoms with E-state index in [0.29, 0.717) is 12.2 Å². The Balaban J connectivity index is 1.35. The van der Waals surface area contributed by atoms with Crippen molar-refractivity contribution < 1.29 is 9.59 Å². The van der Waals surface area contributed by atoms with Crippen LogP contribution in [0.4, 0.5) is 5.82 Å². The summed E-state index contributed by atoms with van der Waals surface area (Å²) >= 11 is 1.66. The van der Waals surface area contributed by atoms with Gasteiger partial charge < -0.3 is 10.2 Å². The summed E-state index contributed by atoms with van der Waals surface area (Å²) in [7, 11) is 0. The third kappa shape index (κ3) is 4.98. The van der Waals surface area contributed by atoms with Gasteiger partial charge in [0, 0.05) is 37.2 Å². The normalized spacial score (nSPS) is 17.1. The summed E-state index contributed by atoms with van der Waals surface area (Å²) in [6, 6.07) is 2.00. The van der Waals surface area contributed by atoms with Crippen LogP contribution in [0.2, 0.25) is 0 Å². The van der Waals surface area contributed by atoms with Crippen molar-refractivity contribution in [2.45, 2.75) is 39.0 Å². The molecule has 0 aliphatic carbocycles. The number of likely N-dealkylation sites (tertiary alicyclic amines) is 1. The maximum Gasteiger partial charge on any atom is 0.246 e. The van der Waals surface area contributed by atoms with E-state index in [9.17, 15) is 9.59 Å². The van der Waals surface area contributed by atoms with E-state index < -0.39 is 0 Å². The number of carbonyl (C=O) groups is 2. The maximum atomic E-state index is 12.6. The number of fused-ring (bicyclic) bond motifs is 1. The zero-order chi connectivity index (χ0) is 20.2. The molecule has 6 nitrogen and oxygen atoms in total. The Hall–Kier alpha value is -2.80. The molecule has 0 saturated carbocycles. The fraction of sp³-hybridized carbons (Fsp3) is 0.364. The predicted molar refractivity (Wildman–Crippen MR) is 115 cm³/mol. The van der Waals surface area contributed by atoms with Crippen LogP contribution in [-0.4, -0.2) is 39.8 Å². The van der Waals surface area contributed by atoms with Crippen molar-refractivity contribution in [3.05, 3.63) is 51.1 Å². The maximum absolute atomic E-state index is 12.6. The first kappa shape index (κ1) is 19.5. The van der Waals surface area contributed by atoms with Crippen molar-refractivity contribution in [2.75, 3.05) is 18.4 Å². The van der Waals surface area contributed by atoms with Crippen molar-refractivity contribution in [1.82, 2.24) is 14.9 Å². The number of hydrogen-bond acceptors (Lipinski definition) is 5. The Morgan fingerprint density at radius 2 is 2.07 bits per heavy atom. The van der Waals surface area contributed by atoms with Gasteiger partial charge in [-0.25, -0.2) is 9.97 Å². The van der Waals surface area contributed by atoms with Crippen molar-refractivity contribution in [2.24, 2.45) is 0 Å². The molecule has 4 heterocycles. The van der Waals surface area contributed by atoms with Crippen LogP contribution in [0.1, 0.15) is 47.5 Å². The fourth-order valence-electron chi connectivity index (χ4n) is 3.64. The van der Waals surface area contributed by atoms with E-state index in [2.05, 4.69) is 26.7 Å². The lowest BCUT2D eigenvalue weighted by Gasteiger charge is -2.27. The SMILES string of the molecule is Cc1nc(C=C2CCN(C(=O)/C=C/c3cnc4c(c3)CCCC(=O)N4)CC2)cs1. The third-order valence-corrected chi connectivity index (χ3v) is 6.01. The predicted octanol–water partition coefficient (Wildman–Crippen LogP) is 3.84. The molecule has 2 aliphatic heterocycles. The lowest BCUT2D eigenvalue weighted by molar-refractivity contribution is -0.126. The van der Waals surface area contributed by atoms with Gasteiger partial charge in [0.1, 0.15) is 5.82 Å². The summed E-state index contributed by atoms with van der Waals surface area (Å²) in [5.41, 5.74) is 4.27. The quantitative estimate of drug-likeness (QED) is 0.783. The molecule has 0 spiro atoms. The van der Waals surface area contributed by atoms with E-state index >= 15 is 0 Å². The van der Waals surface area contributed by atoms with Crippen LogP contribution in [0.5, 0.6) is 0 Å². The Bertz CT molecular complexity index is 982. The Labute approximate surface area is 174 Å². The molecule has 150 valence electrons. The average Bonchev–Trinajstić information content (AvgIpc) is 3.02. The van der Waals surface area contributed by atoms with Crippen LogP contribution >= 0.6 is 11.3 Å². The molecule has 2 aliphatic rings. The minimum absolute atomic E-state index is 0.0122. The Morgan fingerprint density at radius 3 is 2.83 bits per heavy atom. The summed E-state index contributed by atoms with van der Waals surface area (Å²) in [6.07, 6.45) is 11.2. The number of rotatable bonds is 3.